The lowest BCUT2D eigenvalue weighted by Gasteiger charge is -2.38. The van der Waals surface area contributed by atoms with Gasteiger partial charge in [0.05, 0.1) is 0 Å². The first-order valence-electron chi connectivity index (χ1n) is 7.23. The molecule has 1 aliphatic heterocycles. The maximum atomic E-state index is 13.0. The molecule has 1 atom stereocenters. The van der Waals surface area contributed by atoms with Crippen molar-refractivity contribution in [3.8, 4) is 0 Å². The van der Waals surface area contributed by atoms with E-state index < -0.39 is 5.41 Å². The number of amides is 2. The zero-order chi connectivity index (χ0) is 15.6. The van der Waals surface area contributed by atoms with Crippen LogP contribution in [0.2, 0.25) is 0 Å². The molecule has 0 aliphatic carbocycles. The Labute approximate surface area is 124 Å². The summed E-state index contributed by atoms with van der Waals surface area (Å²) in [6.07, 6.45) is 1.27. The van der Waals surface area contributed by atoms with E-state index in [0.717, 1.165) is 6.42 Å². The molecule has 0 saturated carbocycles. The molecular formula is C16H21FN2O2. The number of carbonyl (C=O) groups excluding carboxylic acids is 2. The molecule has 0 spiro atoms. The molecule has 5 heteroatoms. The molecular weight excluding hydrogens is 271 g/mol. The molecule has 1 N–H and O–H groups in total. The van der Waals surface area contributed by atoms with Crippen molar-refractivity contribution in [3.63, 3.8) is 0 Å². The van der Waals surface area contributed by atoms with Crippen LogP contribution in [0.15, 0.2) is 24.3 Å². The van der Waals surface area contributed by atoms with Crippen LogP contribution in [0.4, 0.5) is 10.1 Å². The second kappa shape index (κ2) is 5.84. The smallest absolute Gasteiger partial charge is 0.242 e. The average Bonchev–Trinajstić information content (AvgIpc) is 2.42. The number of rotatable bonds is 3. The van der Waals surface area contributed by atoms with Gasteiger partial charge in [-0.1, -0.05) is 0 Å². The standard InChI is InChI=1S/C16H21FN2O2/c1-11(2)18-14(20)16(3)9-4-10-19(15(16)21)13-7-5-12(17)6-8-13/h5-8,11H,4,9-10H2,1-3H3,(H,18,20). The molecule has 1 aromatic carbocycles. The van der Waals surface area contributed by atoms with Gasteiger partial charge in [0.15, 0.2) is 0 Å². The van der Waals surface area contributed by atoms with Crippen molar-refractivity contribution in [3.05, 3.63) is 30.1 Å². The second-order valence-corrected chi connectivity index (χ2v) is 6.00. The number of anilines is 1. The quantitative estimate of drug-likeness (QED) is 0.870. The van der Waals surface area contributed by atoms with Crippen molar-refractivity contribution in [1.82, 2.24) is 5.32 Å². The molecule has 1 aromatic rings. The molecule has 0 bridgehead atoms. The fourth-order valence-electron chi connectivity index (χ4n) is 2.60. The molecule has 114 valence electrons. The average molecular weight is 292 g/mol. The van der Waals surface area contributed by atoms with E-state index in [9.17, 15) is 14.0 Å². The number of benzene rings is 1. The van der Waals surface area contributed by atoms with Gasteiger partial charge in [-0.25, -0.2) is 4.39 Å². The Kier molecular flexibility index (Phi) is 4.30. The summed E-state index contributed by atoms with van der Waals surface area (Å²) in [5.74, 6) is -0.809. The summed E-state index contributed by atoms with van der Waals surface area (Å²) in [6, 6.07) is 5.77. The van der Waals surface area contributed by atoms with E-state index in [4.69, 9.17) is 0 Å². The molecule has 4 nitrogen and oxygen atoms in total. The van der Waals surface area contributed by atoms with Crippen LogP contribution in [-0.2, 0) is 9.59 Å². The Morgan fingerprint density at radius 2 is 1.95 bits per heavy atom. The zero-order valence-corrected chi connectivity index (χ0v) is 12.6. The molecule has 2 amide bonds. The summed E-state index contributed by atoms with van der Waals surface area (Å²) < 4.78 is 13.0. The molecule has 1 heterocycles. The molecule has 0 aromatic heterocycles. The highest BCUT2D eigenvalue weighted by Crippen LogP contribution is 2.34. The maximum absolute atomic E-state index is 13.0. The Hall–Kier alpha value is -1.91. The van der Waals surface area contributed by atoms with Gasteiger partial charge in [-0.3, -0.25) is 9.59 Å². The first-order valence-corrected chi connectivity index (χ1v) is 7.23. The van der Waals surface area contributed by atoms with Crippen LogP contribution in [0.25, 0.3) is 0 Å². The van der Waals surface area contributed by atoms with Gasteiger partial charge >= 0.3 is 0 Å². The van der Waals surface area contributed by atoms with Crippen LogP contribution in [0.5, 0.6) is 0 Å². The molecule has 1 unspecified atom stereocenters. The highest BCUT2D eigenvalue weighted by Gasteiger charge is 2.46. The highest BCUT2D eigenvalue weighted by atomic mass is 19.1. The van der Waals surface area contributed by atoms with E-state index in [0.29, 0.717) is 18.7 Å². The molecule has 1 aliphatic rings. The number of nitrogens with zero attached hydrogens (tertiary/aromatic N) is 1. The molecule has 1 fully saturated rings. The van der Waals surface area contributed by atoms with Crippen molar-refractivity contribution < 1.29 is 14.0 Å². The van der Waals surface area contributed by atoms with E-state index in [1.165, 1.54) is 12.1 Å². The van der Waals surface area contributed by atoms with Crippen molar-refractivity contribution >= 4 is 17.5 Å². The van der Waals surface area contributed by atoms with Gasteiger partial charge in [0, 0.05) is 18.3 Å². The second-order valence-electron chi connectivity index (χ2n) is 6.00. The Bertz CT molecular complexity index is 542. The summed E-state index contributed by atoms with van der Waals surface area (Å²) >= 11 is 0. The van der Waals surface area contributed by atoms with E-state index >= 15 is 0 Å². The summed E-state index contributed by atoms with van der Waals surface area (Å²) in [6.45, 7) is 5.97. The van der Waals surface area contributed by atoms with Gasteiger partial charge in [-0.15, -0.1) is 0 Å². The third-order valence-corrected chi connectivity index (χ3v) is 3.83. The van der Waals surface area contributed by atoms with Crippen molar-refractivity contribution in [2.45, 2.75) is 39.7 Å². The minimum Gasteiger partial charge on any atom is -0.353 e. The van der Waals surface area contributed by atoms with Gasteiger partial charge in [0.2, 0.25) is 11.8 Å². The van der Waals surface area contributed by atoms with E-state index in [2.05, 4.69) is 5.32 Å². The molecule has 21 heavy (non-hydrogen) atoms. The Morgan fingerprint density at radius 3 is 2.52 bits per heavy atom. The summed E-state index contributed by atoms with van der Waals surface area (Å²) in [7, 11) is 0. The van der Waals surface area contributed by atoms with E-state index in [1.807, 2.05) is 13.8 Å². The number of hydrogen-bond acceptors (Lipinski definition) is 2. The van der Waals surface area contributed by atoms with E-state index in [1.54, 1.807) is 24.0 Å². The van der Waals surface area contributed by atoms with Gasteiger partial charge in [0.1, 0.15) is 11.2 Å². The summed E-state index contributed by atoms with van der Waals surface area (Å²) in [4.78, 5) is 26.7. The predicted molar refractivity (Wildman–Crippen MR) is 79.4 cm³/mol. The number of nitrogens with one attached hydrogen (secondary N) is 1. The monoisotopic (exact) mass is 292 g/mol. The summed E-state index contributed by atoms with van der Waals surface area (Å²) in [5.41, 5.74) is -0.429. The highest BCUT2D eigenvalue weighted by molar-refractivity contribution is 6.12. The predicted octanol–water partition coefficient (Wildman–Crippen LogP) is 2.48. The van der Waals surface area contributed by atoms with E-state index in [-0.39, 0.29) is 23.7 Å². The lowest BCUT2D eigenvalue weighted by atomic mass is 9.79. The fourth-order valence-corrected chi connectivity index (χ4v) is 2.60. The Morgan fingerprint density at radius 1 is 1.33 bits per heavy atom. The van der Waals surface area contributed by atoms with Crippen LogP contribution >= 0.6 is 0 Å². The van der Waals surface area contributed by atoms with Crippen molar-refractivity contribution in [2.75, 3.05) is 11.4 Å². The number of carbonyl (C=O) groups is 2. The number of halogens is 1. The zero-order valence-electron chi connectivity index (χ0n) is 12.6. The van der Waals surface area contributed by atoms with Crippen LogP contribution in [0.3, 0.4) is 0 Å². The molecule has 2 rings (SSSR count). The molecule has 1 saturated heterocycles. The maximum Gasteiger partial charge on any atom is 0.242 e. The van der Waals surface area contributed by atoms with Crippen molar-refractivity contribution in [1.29, 1.82) is 0 Å². The van der Waals surface area contributed by atoms with Crippen LogP contribution in [-0.4, -0.2) is 24.4 Å². The van der Waals surface area contributed by atoms with Gasteiger partial charge in [-0.2, -0.15) is 0 Å². The third-order valence-electron chi connectivity index (χ3n) is 3.83. The lowest BCUT2D eigenvalue weighted by molar-refractivity contribution is -0.143. The van der Waals surface area contributed by atoms with Gasteiger partial charge in [0.25, 0.3) is 0 Å². The van der Waals surface area contributed by atoms with Crippen LogP contribution < -0.4 is 10.2 Å². The topological polar surface area (TPSA) is 49.4 Å². The normalized spacial score (nSPS) is 22.5. The SMILES string of the molecule is CC(C)NC(=O)C1(C)CCCN(c2ccc(F)cc2)C1=O. The van der Waals surface area contributed by atoms with Gasteiger partial charge < -0.3 is 10.2 Å². The van der Waals surface area contributed by atoms with Crippen molar-refractivity contribution in [2.24, 2.45) is 5.41 Å². The van der Waals surface area contributed by atoms with Gasteiger partial charge in [-0.05, 0) is 57.9 Å². The third kappa shape index (κ3) is 3.06. The lowest BCUT2D eigenvalue weighted by Crippen LogP contribution is -2.55. The number of piperidine rings is 1. The fraction of sp³-hybridized carbons (Fsp3) is 0.500. The first-order chi connectivity index (χ1) is 9.84. The summed E-state index contributed by atoms with van der Waals surface area (Å²) in [5, 5.41) is 2.82. The minimum absolute atomic E-state index is 0.0108. The van der Waals surface area contributed by atoms with Crippen LogP contribution in [0.1, 0.15) is 33.6 Å². The first kappa shape index (κ1) is 15.5. The molecule has 0 radical (unpaired) electrons. The number of hydrogen-bond donors (Lipinski definition) is 1. The largest absolute Gasteiger partial charge is 0.353 e. The Balaban J connectivity index is 2.25. The minimum atomic E-state index is -1.06. The van der Waals surface area contributed by atoms with Crippen LogP contribution in [0, 0.1) is 11.2 Å².